The van der Waals surface area contributed by atoms with Crippen molar-refractivity contribution >= 4 is 11.9 Å². The first kappa shape index (κ1) is 14.6. The second-order valence-electron chi connectivity index (χ2n) is 4.53. The Hall–Kier alpha value is -2.77. The van der Waals surface area contributed by atoms with Crippen LogP contribution in [0.25, 0.3) is 5.69 Å². The van der Waals surface area contributed by atoms with E-state index in [2.05, 4.69) is 15.5 Å². The van der Waals surface area contributed by atoms with Gasteiger partial charge in [-0.25, -0.2) is 4.68 Å². The molecule has 8 heteroatoms. The molecule has 0 atom stereocenters. The number of benzene rings is 1. The summed E-state index contributed by atoms with van der Waals surface area (Å²) in [5.74, 6) is -1.04. The highest BCUT2D eigenvalue weighted by molar-refractivity contribution is 5.94. The maximum atomic E-state index is 12.3. The number of rotatable bonds is 6. The second-order valence-corrected chi connectivity index (χ2v) is 4.53. The number of nitrogens with zero attached hydrogens (tertiary/aromatic N) is 5. The molecule has 0 saturated heterocycles. The van der Waals surface area contributed by atoms with Crippen molar-refractivity contribution in [1.29, 1.82) is 0 Å². The molecule has 110 valence electrons. The zero-order valence-corrected chi connectivity index (χ0v) is 11.5. The lowest BCUT2D eigenvalue weighted by molar-refractivity contribution is -0.137. The average molecular weight is 289 g/mol. The number of tetrazole rings is 1. The molecule has 2 rings (SSSR count). The topological polar surface area (TPSA) is 101 Å². The van der Waals surface area contributed by atoms with Crippen LogP contribution >= 0.6 is 0 Å². The number of carbonyl (C=O) groups excluding carboxylic acids is 1. The molecule has 0 aliphatic rings. The molecule has 21 heavy (non-hydrogen) atoms. The lowest BCUT2D eigenvalue weighted by Crippen LogP contribution is -2.28. The minimum absolute atomic E-state index is 0.0439. The first-order valence-corrected chi connectivity index (χ1v) is 6.38. The molecule has 0 aliphatic heterocycles. The van der Waals surface area contributed by atoms with Gasteiger partial charge in [0.1, 0.15) is 6.33 Å². The third kappa shape index (κ3) is 3.85. The largest absolute Gasteiger partial charge is 0.481 e. The minimum Gasteiger partial charge on any atom is -0.481 e. The van der Waals surface area contributed by atoms with Crippen molar-refractivity contribution in [2.45, 2.75) is 12.8 Å². The van der Waals surface area contributed by atoms with Crippen LogP contribution < -0.4 is 0 Å². The molecule has 8 nitrogen and oxygen atoms in total. The summed E-state index contributed by atoms with van der Waals surface area (Å²) < 4.78 is 1.46. The lowest BCUT2D eigenvalue weighted by atomic mass is 10.1. The molecule has 1 N–H and O–H groups in total. The molecule has 1 aromatic heterocycles. The summed E-state index contributed by atoms with van der Waals surface area (Å²) in [6, 6.07) is 6.92. The van der Waals surface area contributed by atoms with Gasteiger partial charge in [0, 0.05) is 25.6 Å². The van der Waals surface area contributed by atoms with E-state index in [0.717, 1.165) is 0 Å². The summed E-state index contributed by atoms with van der Waals surface area (Å²) in [6.45, 7) is 0.389. The maximum Gasteiger partial charge on any atom is 0.303 e. The number of aromatic nitrogens is 4. The predicted molar refractivity (Wildman–Crippen MR) is 73.0 cm³/mol. The van der Waals surface area contributed by atoms with E-state index in [1.54, 1.807) is 31.3 Å². The fourth-order valence-electron chi connectivity index (χ4n) is 1.85. The number of carbonyl (C=O) groups is 2. The second kappa shape index (κ2) is 6.60. The minimum atomic E-state index is -0.864. The van der Waals surface area contributed by atoms with Crippen LogP contribution in [0.15, 0.2) is 30.6 Å². The Morgan fingerprint density at radius 1 is 1.38 bits per heavy atom. The van der Waals surface area contributed by atoms with Gasteiger partial charge in [0.25, 0.3) is 5.91 Å². The molecule has 1 amide bonds. The Kier molecular flexibility index (Phi) is 4.60. The van der Waals surface area contributed by atoms with Gasteiger partial charge in [0.2, 0.25) is 0 Å². The molecule has 0 spiro atoms. The molecule has 1 heterocycles. The fourth-order valence-corrected chi connectivity index (χ4v) is 1.85. The van der Waals surface area contributed by atoms with Crippen molar-refractivity contribution in [2.24, 2.45) is 0 Å². The Labute approximate surface area is 121 Å². The van der Waals surface area contributed by atoms with E-state index < -0.39 is 5.97 Å². The summed E-state index contributed by atoms with van der Waals surface area (Å²) >= 11 is 0. The smallest absolute Gasteiger partial charge is 0.303 e. The first-order chi connectivity index (χ1) is 10.1. The van der Waals surface area contributed by atoms with Gasteiger partial charge in [-0.15, -0.1) is 5.10 Å². The first-order valence-electron chi connectivity index (χ1n) is 6.38. The summed E-state index contributed by atoms with van der Waals surface area (Å²) in [7, 11) is 1.65. The molecular weight excluding hydrogens is 274 g/mol. The monoisotopic (exact) mass is 289 g/mol. The molecule has 1 aromatic carbocycles. The van der Waals surface area contributed by atoms with Gasteiger partial charge in [-0.2, -0.15) is 0 Å². The fraction of sp³-hybridized carbons (Fsp3) is 0.308. The molecular formula is C13H15N5O3. The summed E-state index contributed by atoms with van der Waals surface area (Å²) in [5.41, 5.74) is 1.19. The zero-order chi connectivity index (χ0) is 15.2. The van der Waals surface area contributed by atoms with Crippen LogP contribution in [-0.2, 0) is 4.79 Å². The van der Waals surface area contributed by atoms with Crippen LogP contribution in [0.3, 0.4) is 0 Å². The third-order valence-electron chi connectivity index (χ3n) is 2.94. The Morgan fingerprint density at radius 3 is 2.86 bits per heavy atom. The average Bonchev–Trinajstić information content (AvgIpc) is 3.00. The van der Waals surface area contributed by atoms with E-state index in [1.807, 2.05) is 0 Å². The molecule has 0 bridgehead atoms. The number of carboxylic acids is 1. The molecule has 0 radical (unpaired) electrons. The molecule has 0 fully saturated rings. The van der Waals surface area contributed by atoms with Gasteiger partial charge >= 0.3 is 5.97 Å². The highest BCUT2D eigenvalue weighted by atomic mass is 16.4. The predicted octanol–water partition coefficient (Wildman–Crippen LogP) is 0.599. The van der Waals surface area contributed by atoms with Gasteiger partial charge in [0.05, 0.1) is 5.69 Å². The quantitative estimate of drug-likeness (QED) is 0.835. The molecule has 0 aliphatic carbocycles. The van der Waals surface area contributed by atoms with Gasteiger partial charge in [-0.3, -0.25) is 9.59 Å². The van der Waals surface area contributed by atoms with Crippen molar-refractivity contribution in [3.63, 3.8) is 0 Å². The highest BCUT2D eigenvalue weighted by Crippen LogP contribution is 2.11. The van der Waals surface area contributed by atoms with Crippen molar-refractivity contribution in [3.8, 4) is 5.69 Å². The van der Waals surface area contributed by atoms with Crippen molar-refractivity contribution in [3.05, 3.63) is 36.2 Å². The number of amides is 1. The standard InChI is InChI=1S/C13H15N5O3/c1-17(7-3-6-12(19)20)13(21)10-4-2-5-11(8-10)18-9-14-15-16-18/h2,4-5,8-9H,3,6-7H2,1H3,(H,19,20). The van der Waals surface area contributed by atoms with Crippen molar-refractivity contribution < 1.29 is 14.7 Å². The SMILES string of the molecule is CN(CCCC(=O)O)C(=O)c1cccc(-n2cnnn2)c1. The number of carboxylic acid groups (broad SMARTS) is 1. The number of aliphatic carboxylic acids is 1. The summed E-state index contributed by atoms with van der Waals surface area (Å²) in [6.07, 6.45) is 1.91. The normalized spacial score (nSPS) is 10.3. The van der Waals surface area contributed by atoms with Crippen LogP contribution in [0.5, 0.6) is 0 Å². The van der Waals surface area contributed by atoms with E-state index in [1.165, 1.54) is 15.9 Å². The van der Waals surface area contributed by atoms with E-state index in [4.69, 9.17) is 5.11 Å². The maximum absolute atomic E-state index is 12.3. The Bertz CT molecular complexity index is 626. The summed E-state index contributed by atoms with van der Waals surface area (Å²) in [5, 5.41) is 19.5. The lowest BCUT2D eigenvalue weighted by Gasteiger charge is -2.17. The van der Waals surface area contributed by atoms with Gasteiger partial charge < -0.3 is 10.0 Å². The van der Waals surface area contributed by atoms with Crippen molar-refractivity contribution in [2.75, 3.05) is 13.6 Å². The Morgan fingerprint density at radius 2 is 2.19 bits per heavy atom. The molecule has 0 saturated carbocycles. The van der Waals surface area contributed by atoms with Crippen molar-refractivity contribution in [1.82, 2.24) is 25.1 Å². The van der Waals surface area contributed by atoms with Crippen LogP contribution in [0.4, 0.5) is 0 Å². The van der Waals surface area contributed by atoms with Crippen LogP contribution in [-0.4, -0.2) is 55.7 Å². The van der Waals surface area contributed by atoms with E-state index in [0.29, 0.717) is 24.2 Å². The van der Waals surface area contributed by atoms with Crippen LogP contribution in [0.2, 0.25) is 0 Å². The van der Waals surface area contributed by atoms with Gasteiger partial charge in [-0.05, 0) is 35.0 Å². The molecule has 2 aromatic rings. The van der Waals surface area contributed by atoms with Gasteiger partial charge in [0.15, 0.2) is 0 Å². The Balaban J connectivity index is 2.05. The highest BCUT2D eigenvalue weighted by Gasteiger charge is 2.13. The number of hydrogen-bond acceptors (Lipinski definition) is 5. The third-order valence-corrected chi connectivity index (χ3v) is 2.94. The van der Waals surface area contributed by atoms with Crippen LogP contribution in [0.1, 0.15) is 23.2 Å². The van der Waals surface area contributed by atoms with E-state index in [-0.39, 0.29) is 12.3 Å². The zero-order valence-electron chi connectivity index (χ0n) is 11.5. The van der Waals surface area contributed by atoms with Crippen LogP contribution in [0, 0.1) is 0 Å². The summed E-state index contributed by atoms with van der Waals surface area (Å²) in [4.78, 5) is 24.2. The molecule has 0 unspecified atom stereocenters. The van der Waals surface area contributed by atoms with E-state index in [9.17, 15) is 9.59 Å². The van der Waals surface area contributed by atoms with Gasteiger partial charge in [-0.1, -0.05) is 6.07 Å². The van der Waals surface area contributed by atoms with E-state index >= 15 is 0 Å². The number of hydrogen-bond donors (Lipinski definition) is 1.